The fourth-order valence-corrected chi connectivity index (χ4v) is 2.21. The van der Waals surface area contributed by atoms with Crippen LogP contribution in [0.15, 0.2) is 17.8 Å². The van der Waals surface area contributed by atoms with Gasteiger partial charge in [-0.25, -0.2) is 4.99 Å². The Labute approximate surface area is 101 Å². The van der Waals surface area contributed by atoms with Gasteiger partial charge in [-0.15, -0.1) is 0 Å². The van der Waals surface area contributed by atoms with Crippen LogP contribution in [0.2, 0.25) is 0 Å². The summed E-state index contributed by atoms with van der Waals surface area (Å²) < 4.78 is 0. The quantitative estimate of drug-likeness (QED) is 0.519. The molecule has 0 N–H and O–H groups in total. The first-order valence-electron chi connectivity index (χ1n) is 6.68. The minimum atomic E-state index is 0.893. The summed E-state index contributed by atoms with van der Waals surface area (Å²) in [4.78, 5) is 6.60. The smallest absolute Gasteiger partial charge is 0.101 e. The zero-order valence-corrected chi connectivity index (χ0v) is 11.5. The Morgan fingerprint density at radius 2 is 1.94 bits per heavy atom. The zero-order chi connectivity index (χ0) is 12.4. The topological polar surface area (TPSA) is 15.6 Å². The van der Waals surface area contributed by atoms with Gasteiger partial charge in [-0.2, -0.15) is 0 Å². The largest absolute Gasteiger partial charge is 0.360 e. The lowest BCUT2D eigenvalue weighted by Gasteiger charge is -2.25. The number of hydrogen-bond donors (Lipinski definition) is 0. The maximum absolute atomic E-state index is 4.24. The van der Waals surface area contributed by atoms with E-state index < -0.39 is 0 Å². The van der Waals surface area contributed by atoms with Gasteiger partial charge in [0.2, 0.25) is 0 Å². The molecule has 1 fully saturated rings. The van der Waals surface area contributed by atoms with Gasteiger partial charge in [0.15, 0.2) is 0 Å². The van der Waals surface area contributed by atoms with Gasteiger partial charge in [0.1, 0.15) is 5.84 Å². The molecule has 0 aromatic carbocycles. The average Bonchev–Trinajstić information content (AvgIpc) is 2.81. The molecule has 0 spiro atoms. The van der Waals surface area contributed by atoms with Crippen LogP contribution in [-0.4, -0.2) is 23.8 Å². The van der Waals surface area contributed by atoms with Gasteiger partial charge in [0.05, 0.1) is 0 Å². The zero-order valence-electron chi connectivity index (χ0n) is 11.5. The van der Waals surface area contributed by atoms with E-state index in [-0.39, 0.29) is 0 Å². The molecule has 0 radical (unpaired) electrons. The fraction of sp³-hybridized carbons (Fsp3) is 0.786. The minimum Gasteiger partial charge on any atom is -0.360 e. The molecule has 0 saturated heterocycles. The Morgan fingerprint density at radius 1 is 1.38 bits per heavy atom. The molecule has 0 aliphatic heterocycles. The third-order valence-electron chi connectivity index (χ3n) is 3.07. The minimum absolute atomic E-state index is 0.893. The maximum Gasteiger partial charge on any atom is 0.101 e. The van der Waals surface area contributed by atoms with Crippen molar-refractivity contribution in [1.82, 2.24) is 4.90 Å². The molecule has 94 valence electrons. The van der Waals surface area contributed by atoms with Crippen molar-refractivity contribution < 1.29 is 0 Å². The summed E-state index contributed by atoms with van der Waals surface area (Å²) in [5, 5.41) is 0. The van der Waals surface area contributed by atoms with Crippen LogP contribution in [0.1, 0.15) is 53.4 Å². The number of nitrogens with zero attached hydrogens (tertiary/aromatic N) is 2. The molecule has 0 amide bonds. The maximum atomic E-state index is 4.24. The molecular weight excluding hydrogens is 196 g/mol. The van der Waals surface area contributed by atoms with Crippen molar-refractivity contribution in [2.24, 2.45) is 10.9 Å². The van der Waals surface area contributed by atoms with Crippen molar-refractivity contribution in [1.29, 1.82) is 0 Å². The van der Waals surface area contributed by atoms with Crippen LogP contribution in [0.5, 0.6) is 0 Å². The number of aliphatic imine (C=N–C) groups is 1. The van der Waals surface area contributed by atoms with Gasteiger partial charge in [-0.05, 0) is 32.6 Å². The third-order valence-corrected chi connectivity index (χ3v) is 3.07. The summed E-state index contributed by atoms with van der Waals surface area (Å²) in [7, 11) is 0. The molecule has 2 nitrogen and oxygen atoms in total. The average molecular weight is 224 g/mol. The van der Waals surface area contributed by atoms with Crippen molar-refractivity contribution in [2.45, 2.75) is 53.4 Å². The highest BCUT2D eigenvalue weighted by molar-refractivity contribution is 5.80. The first kappa shape index (κ1) is 15.2. The molecular formula is C14H28N2. The Balaban J connectivity index is 0.00000106. The first-order valence-corrected chi connectivity index (χ1v) is 6.68. The SMILES string of the molecule is C=CN=C(C)N(CC)CC1CCCC1.CC. The molecule has 0 bridgehead atoms. The summed E-state index contributed by atoms with van der Waals surface area (Å²) in [5.41, 5.74) is 0. The highest BCUT2D eigenvalue weighted by Crippen LogP contribution is 2.25. The molecule has 2 heteroatoms. The van der Waals surface area contributed by atoms with Gasteiger partial charge in [0, 0.05) is 19.3 Å². The van der Waals surface area contributed by atoms with E-state index in [0.29, 0.717) is 0 Å². The van der Waals surface area contributed by atoms with Gasteiger partial charge < -0.3 is 4.90 Å². The second kappa shape index (κ2) is 9.44. The van der Waals surface area contributed by atoms with Crippen molar-refractivity contribution in [3.63, 3.8) is 0 Å². The van der Waals surface area contributed by atoms with Crippen LogP contribution >= 0.6 is 0 Å². The van der Waals surface area contributed by atoms with Crippen LogP contribution < -0.4 is 0 Å². The van der Waals surface area contributed by atoms with Crippen molar-refractivity contribution >= 4 is 5.84 Å². The van der Waals surface area contributed by atoms with E-state index in [9.17, 15) is 0 Å². The summed E-state index contributed by atoms with van der Waals surface area (Å²) >= 11 is 0. The van der Waals surface area contributed by atoms with Crippen LogP contribution in [0.4, 0.5) is 0 Å². The predicted octanol–water partition coefficient (Wildman–Crippen LogP) is 4.09. The van der Waals surface area contributed by atoms with Gasteiger partial charge in [-0.3, -0.25) is 0 Å². The molecule has 0 heterocycles. The summed E-state index contributed by atoms with van der Waals surface area (Å²) in [6.45, 7) is 14.1. The second-order valence-corrected chi connectivity index (χ2v) is 4.05. The van der Waals surface area contributed by atoms with E-state index in [0.717, 1.165) is 18.3 Å². The predicted molar refractivity (Wildman–Crippen MR) is 73.9 cm³/mol. The number of amidine groups is 1. The summed E-state index contributed by atoms with van der Waals surface area (Å²) in [6, 6.07) is 0. The molecule has 0 unspecified atom stereocenters. The first-order chi connectivity index (χ1) is 7.77. The number of rotatable bonds is 4. The van der Waals surface area contributed by atoms with Gasteiger partial charge in [0.25, 0.3) is 0 Å². The molecule has 0 aromatic rings. The van der Waals surface area contributed by atoms with E-state index in [4.69, 9.17) is 0 Å². The van der Waals surface area contributed by atoms with E-state index in [2.05, 4.69) is 30.3 Å². The monoisotopic (exact) mass is 224 g/mol. The van der Waals surface area contributed by atoms with Crippen molar-refractivity contribution in [3.8, 4) is 0 Å². The van der Waals surface area contributed by atoms with Gasteiger partial charge >= 0.3 is 0 Å². The highest BCUT2D eigenvalue weighted by Gasteiger charge is 2.18. The lowest BCUT2D eigenvalue weighted by atomic mass is 10.1. The molecule has 0 aromatic heterocycles. The van der Waals surface area contributed by atoms with Crippen LogP contribution in [0.3, 0.4) is 0 Å². The molecule has 1 aliphatic carbocycles. The highest BCUT2D eigenvalue weighted by atomic mass is 15.2. The lowest BCUT2D eigenvalue weighted by molar-refractivity contribution is 0.351. The molecule has 16 heavy (non-hydrogen) atoms. The van der Waals surface area contributed by atoms with Crippen molar-refractivity contribution in [2.75, 3.05) is 13.1 Å². The summed E-state index contributed by atoms with van der Waals surface area (Å²) in [6.07, 6.45) is 7.27. The molecule has 1 saturated carbocycles. The van der Waals surface area contributed by atoms with Crippen LogP contribution in [0, 0.1) is 5.92 Å². The normalized spacial score (nSPS) is 16.6. The van der Waals surface area contributed by atoms with Crippen LogP contribution in [-0.2, 0) is 0 Å². The molecule has 1 rings (SSSR count). The Hall–Kier alpha value is -0.790. The van der Waals surface area contributed by atoms with E-state index in [1.54, 1.807) is 6.20 Å². The second-order valence-electron chi connectivity index (χ2n) is 4.05. The summed E-state index contributed by atoms with van der Waals surface area (Å²) in [5.74, 6) is 2.00. The molecule has 1 aliphatic rings. The molecule has 0 atom stereocenters. The van der Waals surface area contributed by atoms with E-state index in [1.807, 2.05) is 13.8 Å². The van der Waals surface area contributed by atoms with Gasteiger partial charge in [-0.1, -0.05) is 33.3 Å². The lowest BCUT2D eigenvalue weighted by Crippen LogP contribution is -2.32. The number of hydrogen-bond acceptors (Lipinski definition) is 1. The van der Waals surface area contributed by atoms with Crippen LogP contribution in [0.25, 0.3) is 0 Å². The standard InChI is InChI=1S/C12H22N2.C2H6/c1-4-13-11(3)14(5-2)10-12-8-6-7-9-12;1-2/h4,12H,1,5-10H2,2-3H3;1-2H3. The fourth-order valence-electron chi connectivity index (χ4n) is 2.21. The Morgan fingerprint density at radius 3 is 2.38 bits per heavy atom. The van der Waals surface area contributed by atoms with E-state index in [1.165, 1.54) is 32.2 Å². The Kier molecular flexibility index (Phi) is 8.97. The van der Waals surface area contributed by atoms with Crippen molar-refractivity contribution in [3.05, 3.63) is 12.8 Å². The Bertz CT molecular complexity index is 203. The van der Waals surface area contributed by atoms with E-state index >= 15 is 0 Å². The third kappa shape index (κ3) is 5.34.